The van der Waals surface area contributed by atoms with Crippen LogP contribution in [0.2, 0.25) is 0 Å². The van der Waals surface area contributed by atoms with Gasteiger partial charge in [0.2, 0.25) is 0 Å². The Morgan fingerprint density at radius 1 is 0.867 bits per heavy atom. The molecule has 3 aromatic rings. The lowest BCUT2D eigenvalue weighted by Gasteiger charge is -2.15. The van der Waals surface area contributed by atoms with E-state index in [1.807, 2.05) is 6.07 Å². The van der Waals surface area contributed by atoms with Gasteiger partial charge in [0.05, 0.1) is 5.69 Å². The van der Waals surface area contributed by atoms with Crippen LogP contribution in [0.3, 0.4) is 0 Å². The van der Waals surface area contributed by atoms with Gasteiger partial charge in [-0.25, -0.2) is 18.0 Å². The van der Waals surface area contributed by atoms with Crippen LogP contribution in [0.15, 0.2) is 66.7 Å². The van der Waals surface area contributed by atoms with Gasteiger partial charge in [0.15, 0.2) is 23.6 Å². The minimum Gasteiger partial charge on any atom is -0.456 e. The Bertz CT molecular complexity index is 1070. The van der Waals surface area contributed by atoms with Crippen LogP contribution >= 0.6 is 0 Å². The van der Waals surface area contributed by atoms with E-state index in [2.05, 4.69) is 5.32 Å². The molecule has 0 unspecified atom stereocenters. The molecule has 0 spiro atoms. The Kier molecular flexibility index (Phi) is 6.36. The molecular formula is C22H16F3NO4. The first-order chi connectivity index (χ1) is 14.4. The number of carbonyl (C=O) groups is 2. The molecule has 0 saturated heterocycles. The lowest BCUT2D eigenvalue weighted by molar-refractivity contribution is -0.123. The molecule has 1 atom stereocenters. The number of nitrogens with one attached hydrogen (secondary N) is 1. The van der Waals surface area contributed by atoms with Crippen molar-refractivity contribution < 1.29 is 32.2 Å². The number of benzene rings is 3. The SMILES string of the molecule is C[C@H](OC(=O)c1ccccc1Oc1ccccc1)C(=O)Nc1ccc(F)c(F)c1F. The summed E-state index contributed by atoms with van der Waals surface area (Å²) in [7, 11) is 0. The standard InChI is InChI=1S/C22H16F3NO4/c1-13(21(27)26-17-12-11-16(23)19(24)20(17)25)29-22(28)15-9-5-6-10-18(15)30-14-7-3-2-4-8-14/h2-13H,1H3,(H,26,27)/t13-/m0/s1. The molecule has 0 bridgehead atoms. The molecule has 0 aliphatic heterocycles. The summed E-state index contributed by atoms with van der Waals surface area (Å²) in [6, 6.07) is 16.6. The number of anilines is 1. The summed E-state index contributed by atoms with van der Waals surface area (Å²) in [5, 5.41) is 2.06. The Hall–Kier alpha value is -3.81. The normalized spacial score (nSPS) is 11.5. The van der Waals surface area contributed by atoms with Crippen molar-refractivity contribution in [3.05, 3.63) is 89.7 Å². The van der Waals surface area contributed by atoms with Gasteiger partial charge in [0.25, 0.3) is 5.91 Å². The summed E-state index contributed by atoms with van der Waals surface area (Å²) in [5.41, 5.74) is -0.505. The highest BCUT2D eigenvalue weighted by Gasteiger charge is 2.23. The van der Waals surface area contributed by atoms with Crippen LogP contribution in [0.25, 0.3) is 0 Å². The van der Waals surface area contributed by atoms with Gasteiger partial charge >= 0.3 is 5.97 Å². The predicted octanol–water partition coefficient (Wildman–Crippen LogP) is 5.08. The van der Waals surface area contributed by atoms with Crippen LogP contribution in [0.4, 0.5) is 18.9 Å². The van der Waals surface area contributed by atoms with E-state index in [1.54, 1.807) is 42.5 Å². The summed E-state index contributed by atoms with van der Waals surface area (Å²) in [5.74, 6) is -5.72. The number of rotatable bonds is 6. The summed E-state index contributed by atoms with van der Waals surface area (Å²) < 4.78 is 50.8. The van der Waals surface area contributed by atoms with Gasteiger partial charge in [0, 0.05) is 0 Å². The van der Waals surface area contributed by atoms with Gasteiger partial charge in [-0.2, -0.15) is 0 Å². The predicted molar refractivity (Wildman–Crippen MR) is 103 cm³/mol. The highest BCUT2D eigenvalue weighted by molar-refractivity contribution is 5.98. The number of carbonyl (C=O) groups excluding carboxylic acids is 2. The van der Waals surface area contributed by atoms with E-state index in [0.717, 1.165) is 6.07 Å². The fourth-order valence-corrected chi connectivity index (χ4v) is 2.47. The highest BCUT2D eigenvalue weighted by Crippen LogP contribution is 2.26. The maximum Gasteiger partial charge on any atom is 0.342 e. The van der Waals surface area contributed by atoms with Crippen molar-refractivity contribution >= 4 is 17.6 Å². The van der Waals surface area contributed by atoms with Crippen molar-refractivity contribution in [2.24, 2.45) is 0 Å². The largest absolute Gasteiger partial charge is 0.456 e. The molecule has 0 heterocycles. The number of esters is 1. The first-order valence-corrected chi connectivity index (χ1v) is 8.84. The third kappa shape index (κ3) is 4.78. The van der Waals surface area contributed by atoms with Gasteiger partial charge in [0.1, 0.15) is 17.1 Å². The van der Waals surface area contributed by atoms with Gasteiger partial charge in [-0.15, -0.1) is 0 Å². The van der Waals surface area contributed by atoms with Crippen LogP contribution in [0, 0.1) is 17.5 Å². The number of hydrogen-bond donors (Lipinski definition) is 1. The molecule has 0 aliphatic carbocycles. The van der Waals surface area contributed by atoms with Crippen molar-refractivity contribution in [1.82, 2.24) is 0 Å². The molecule has 0 radical (unpaired) electrons. The fraction of sp³-hybridized carbons (Fsp3) is 0.0909. The molecule has 154 valence electrons. The average Bonchev–Trinajstić information content (AvgIpc) is 2.75. The lowest BCUT2D eigenvalue weighted by Crippen LogP contribution is -2.30. The second-order valence-electron chi connectivity index (χ2n) is 6.17. The van der Waals surface area contributed by atoms with E-state index in [1.165, 1.54) is 13.0 Å². The van der Waals surface area contributed by atoms with Crippen molar-refractivity contribution in [1.29, 1.82) is 0 Å². The van der Waals surface area contributed by atoms with E-state index < -0.39 is 41.1 Å². The Morgan fingerprint density at radius 2 is 1.53 bits per heavy atom. The zero-order valence-corrected chi connectivity index (χ0v) is 15.7. The zero-order valence-electron chi connectivity index (χ0n) is 15.7. The number of amides is 1. The van der Waals surface area contributed by atoms with Crippen molar-refractivity contribution in [2.45, 2.75) is 13.0 Å². The van der Waals surface area contributed by atoms with E-state index in [-0.39, 0.29) is 11.3 Å². The maximum atomic E-state index is 13.7. The minimum absolute atomic E-state index is 0.0695. The van der Waals surface area contributed by atoms with Gasteiger partial charge in [-0.3, -0.25) is 4.79 Å². The second kappa shape index (κ2) is 9.13. The smallest absolute Gasteiger partial charge is 0.342 e. The third-order valence-electron chi connectivity index (χ3n) is 4.02. The fourth-order valence-electron chi connectivity index (χ4n) is 2.47. The van der Waals surface area contributed by atoms with Crippen LogP contribution in [0.5, 0.6) is 11.5 Å². The van der Waals surface area contributed by atoms with Crippen LogP contribution in [-0.2, 0) is 9.53 Å². The summed E-state index contributed by atoms with van der Waals surface area (Å²) in [6.07, 6.45) is -1.35. The highest BCUT2D eigenvalue weighted by atomic mass is 19.2. The van der Waals surface area contributed by atoms with E-state index >= 15 is 0 Å². The molecule has 1 N–H and O–H groups in total. The first kappa shape index (κ1) is 20.9. The second-order valence-corrected chi connectivity index (χ2v) is 6.17. The summed E-state index contributed by atoms with van der Waals surface area (Å²) >= 11 is 0. The van der Waals surface area contributed by atoms with Crippen LogP contribution in [0.1, 0.15) is 17.3 Å². The number of halogens is 3. The quantitative estimate of drug-likeness (QED) is 0.451. The molecule has 0 aliphatic rings. The van der Waals surface area contributed by atoms with E-state index in [4.69, 9.17) is 9.47 Å². The summed E-state index contributed by atoms with van der Waals surface area (Å²) in [6.45, 7) is 1.26. The molecule has 0 aromatic heterocycles. The number of para-hydroxylation sites is 2. The third-order valence-corrected chi connectivity index (χ3v) is 4.02. The van der Waals surface area contributed by atoms with E-state index in [9.17, 15) is 22.8 Å². The summed E-state index contributed by atoms with van der Waals surface area (Å²) in [4.78, 5) is 24.7. The van der Waals surface area contributed by atoms with Gasteiger partial charge in [-0.05, 0) is 43.3 Å². The van der Waals surface area contributed by atoms with Crippen molar-refractivity contribution in [2.75, 3.05) is 5.32 Å². The maximum absolute atomic E-state index is 13.7. The molecule has 0 fully saturated rings. The van der Waals surface area contributed by atoms with Crippen molar-refractivity contribution in [3.63, 3.8) is 0 Å². The molecule has 5 nitrogen and oxygen atoms in total. The molecule has 1 amide bonds. The lowest BCUT2D eigenvalue weighted by atomic mass is 10.2. The first-order valence-electron chi connectivity index (χ1n) is 8.84. The van der Waals surface area contributed by atoms with Gasteiger partial charge in [-0.1, -0.05) is 30.3 Å². The Labute approximate surface area is 170 Å². The van der Waals surface area contributed by atoms with Crippen molar-refractivity contribution in [3.8, 4) is 11.5 Å². The number of hydrogen-bond acceptors (Lipinski definition) is 4. The monoisotopic (exact) mass is 415 g/mol. The number of ether oxygens (including phenoxy) is 2. The molecule has 3 aromatic carbocycles. The molecular weight excluding hydrogens is 399 g/mol. The molecule has 30 heavy (non-hydrogen) atoms. The average molecular weight is 415 g/mol. The topological polar surface area (TPSA) is 64.6 Å². The van der Waals surface area contributed by atoms with Crippen LogP contribution in [-0.4, -0.2) is 18.0 Å². The van der Waals surface area contributed by atoms with Gasteiger partial charge < -0.3 is 14.8 Å². The molecule has 8 heteroatoms. The van der Waals surface area contributed by atoms with Crippen LogP contribution < -0.4 is 10.1 Å². The minimum atomic E-state index is -1.72. The van der Waals surface area contributed by atoms with E-state index in [0.29, 0.717) is 11.8 Å². The molecule has 3 rings (SSSR count). The molecule has 0 saturated carbocycles. The Balaban J connectivity index is 1.70. The zero-order chi connectivity index (χ0) is 21.7. The Morgan fingerprint density at radius 3 is 2.27 bits per heavy atom.